The number of hydrogen-bond acceptors (Lipinski definition) is 5. The minimum atomic E-state index is -4.01. The summed E-state index contributed by atoms with van der Waals surface area (Å²) < 4.78 is 43.1. The molecule has 3 aromatic carbocycles. The molecule has 174 valence electrons. The van der Waals surface area contributed by atoms with Crippen LogP contribution in [0, 0.1) is 12.7 Å². The van der Waals surface area contributed by atoms with Gasteiger partial charge in [-0.05, 0) is 53.9 Å². The van der Waals surface area contributed by atoms with E-state index in [9.17, 15) is 17.6 Å². The Morgan fingerprint density at radius 3 is 2.59 bits per heavy atom. The van der Waals surface area contributed by atoms with Crippen LogP contribution in [0.3, 0.4) is 0 Å². The molecule has 4 aromatic rings. The van der Waals surface area contributed by atoms with E-state index >= 15 is 0 Å². The average Bonchev–Trinajstić information content (AvgIpc) is 3.32. The van der Waals surface area contributed by atoms with Crippen LogP contribution >= 0.6 is 0 Å². The fourth-order valence-electron chi connectivity index (χ4n) is 3.30. The van der Waals surface area contributed by atoms with Crippen molar-refractivity contribution in [3.8, 4) is 0 Å². The number of amides is 1. The third kappa shape index (κ3) is 5.65. The van der Waals surface area contributed by atoms with Crippen molar-refractivity contribution in [1.29, 1.82) is 0 Å². The highest BCUT2D eigenvalue weighted by molar-refractivity contribution is 7.92. The summed E-state index contributed by atoms with van der Waals surface area (Å²) in [5.74, 6) is -0.967. The highest BCUT2D eigenvalue weighted by atomic mass is 32.2. The summed E-state index contributed by atoms with van der Waals surface area (Å²) in [4.78, 5) is 16.4. The van der Waals surface area contributed by atoms with Gasteiger partial charge in [0.25, 0.3) is 15.9 Å². The van der Waals surface area contributed by atoms with Crippen LogP contribution in [0.4, 0.5) is 10.1 Å². The number of rotatable bonds is 8. The Morgan fingerprint density at radius 1 is 1.03 bits per heavy atom. The van der Waals surface area contributed by atoms with E-state index in [1.54, 1.807) is 30.1 Å². The van der Waals surface area contributed by atoms with Crippen LogP contribution < -0.4 is 10.0 Å². The van der Waals surface area contributed by atoms with Gasteiger partial charge in [-0.25, -0.2) is 22.5 Å². The number of aryl methyl sites for hydroxylation is 1. The lowest BCUT2D eigenvalue weighted by atomic mass is 10.1. The van der Waals surface area contributed by atoms with Gasteiger partial charge in [-0.15, -0.1) is 0 Å². The van der Waals surface area contributed by atoms with Crippen LogP contribution in [0.5, 0.6) is 0 Å². The van der Waals surface area contributed by atoms with E-state index in [2.05, 4.69) is 20.1 Å². The van der Waals surface area contributed by atoms with Crippen molar-refractivity contribution in [2.75, 3.05) is 4.72 Å². The average molecular weight is 480 g/mol. The van der Waals surface area contributed by atoms with E-state index in [-0.39, 0.29) is 22.1 Å². The summed E-state index contributed by atoms with van der Waals surface area (Å²) in [6.45, 7) is 2.41. The van der Waals surface area contributed by atoms with E-state index in [0.717, 1.165) is 17.2 Å². The molecule has 0 saturated heterocycles. The Bertz CT molecular complexity index is 1420. The lowest BCUT2D eigenvalue weighted by Crippen LogP contribution is -2.23. The zero-order valence-electron chi connectivity index (χ0n) is 18.3. The van der Waals surface area contributed by atoms with Gasteiger partial charge in [0.05, 0.1) is 11.4 Å². The van der Waals surface area contributed by atoms with Crippen LogP contribution in [-0.4, -0.2) is 29.1 Å². The van der Waals surface area contributed by atoms with Gasteiger partial charge in [0.15, 0.2) is 0 Å². The highest BCUT2D eigenvalue weighted by Crippen LogP contribution is 2.19. The quantitative estimate of drug-likeness (QED) is 0.402. The Labute approximate surface area is 196 Å². The number of carbonyl (C=O) groups is 1. The molecule has 0 radical (unpaired) electrons. The number of halogens is 1. The molecule has 1 aromatic heterocycles. The Kier molecular flexibility index (Phi) is 6.69. The van der Waals surface area contributed by atoms with Crippen LogP contribution in [0.1, 0.15) is 27.0 Å². The minimum absolute atomic E-state index is 0.198. The van der Waals surface area contributed by atoms with E-state index in [0.29, 0.717) is 18.7 Å². The van der Waals surface area contributed by atoms with E-state index in [4.69, 9.17) is 0 Å². The van der Waals surface area contributed by atoms with Crippen molar-refractivity contribution in [3.63, 3.8) is 0 Å². The van der Waals surface area contributed by atoms with Gasteiger partial charge in [0.2, 0.25) is 0 Å². The first-order chi connectivity index (χ1) is 16.3. The van der Waals surface area contributed by atoms with Crippen LogP contribution in [0.15, 0.2) is 84.3 Å². The summed E-state index contributed by atoms with van der Waals surface area (Å²) in [6.07, 6.45) is 3.10. The molecular weight excluding hydrogens is 457 g/mol. The first-order valence-corrected chi connectivity index (χ1v) is 11.9. The number of sulfonamides is 1. The molecule has 4 rings (SSSR count). The number of nitrogens with zero attached hydrogens (tertiary/aromatic N) is 3. The number of benzene rings is 3. The standard InChI is InChI=1S/C24H22FN5O3S/c1-17-8-9-22(12-23(17)25)34(32,33)29-21-7-3-6-20(11-21)24(31)27-13-18-4-2-5-19(10-18)14-30-16-26-15-28-30/h2-12,15-16,29H,13-14H2,1H3,(H,27,31). The zero-order valence-corrected chi connectivity index (χ0v) is 19.1. The molecule has 10 heteroatoms. The molecule has 0 aliphatic heterocycles. The van der Waals surface area contributed by atoms with Crippen LogP contribution in [0.2, 0.25) is 0 Å². The monoisotopic (exact) mass is 479 g/mol. The zero-order chi connectivity index (χ0) is 24.1. The molecular formula is C24H22FN5O3S. The summed E-state index contributed by atoms with van der Waals surface area (Å²) >= 11 is 0. The molecule has 0 aliphatic rings. The summed E-state index contributed by atoms with van der Waals surface area (Å²) in [5.41, 5.74) is 2.75. The predicted molar refractivity (Wildman–Crippen MR) is 125 cm³/mol. The normalized spacial score (nSPS) is 11.2. The van der Waals surface area contributed by atoms with Gasteiger partial charge >= 0.3 is 0 Å². The molecule has 0 bridgehead atoms. The van der Waals surface area contributed by atoms with Gasteiger partial charge in [-0.1, -0.05) is 36.4 Å². The second kappa shape index (κ2) is 9.84. The van der Waals surface area contributed by atoms with Gasteiger partial charge in [-0.3, -0.25) is 9.52 Å². The molecule has 34 heavy (non-hydrogen) atoms. The third-order valence-corrected chi connectivity index (χ3v) is 6.47. The Balaban J connectivity index is 1.41. The van der Waals surface area contributed by atoms with Crippen molar-refractivity contribution in [3.05, 3.63) is 107 Å². The minimum Gasteiger partial charge on any atom is -0.348 e. The number of nitrogens with one attached hydrogen (secondary N) is 2. The Hall–Kier alpha value is -4.05. The maximum Gasteiger partial charge on any atom is 0.261 e. The Morgan fingerprint density at radius 2 is 1.82 bits per heavy atom. The molecule has 0 spiro atoms. The second-order valence-electron chi connectivity index (χ2n) is 7.69. The van der Waals surface area contributed by atoms with Gasteiger partial charge in [0.1, 0.15) is 18.5 Å². The molecule has 0 atom stereocenters. The van der Waals surface area contributed by atoms with Crippen LogP contribution in [0.25, 0.3) is 0 Å². The first kappa shape index (κ1) is 23.1. The maximum absolute atomic E-state index is 13.8. The van der Waals surface area contributed by atoms with Gasteiger partial charge < -0.3 is 5.32 Å². The summed E-state index contributed by atoms with van der Waals surface area (Å²) in [7, 11) is -4.01. The lowest BCUT2D eigenvalue weighted by molar-refractivity contribution is 0.0951. The fraction of sp³-hybridized carbons (Fsp3) is 0.125. The van der Waals surface area contributed by atoms with Crippen molar-refractivity contribution < 1.29 is 17.6 Å². The van der Waals surface area contributed by atoms with Crippen LogP contribution in [-0.2, 0) is 23.1 Å². The number of aromatic nitrogens is 3. The topological polar surface area (TPSA) is 106 Å². The molecule has 1 amide bonds. The van der Waals surface area contributed by atoms with Gasteiger partial charge in [0, 0.05) is 17.8 Å². The highest BCUT2D eigenvalue weighted by Gasteiger charge is 2.17. The second-order valence-corrected chi connectivity index (χ2v) is 9.38. The predicted octanol–water partition coefficient (Wildman–Crippen LogP) is 3.50. The van der Waals surface area contributed by atoms with E-state index in [1.807, 2.05) is 24.3 Å². The largest absolute Gasteiger partial charge is 0.348 e. The SMILES string of the molecule is Cc1ccc(S(=O)(=O)Nc2cccc(C(=O)NCc3cccc(Cn4cncn4)c3)c2)cc1F. The smallest absolute Gasteiger partial charge is 0.261 e. The van der Waals surface area contributed by atoms with Crippen molar-refractivity contribution in [1.82, 2.24) is 20.1 Å². The van der Waals surface area contributed by atoms with E-state index in [1.165, 1.54) is 30.6 Å². The van der Waals surface area contributed by atoms with Gasteiger partial charge in [-0.2, -0.15) is 5.10 Å². The summed E-state index contributed by atoms with van der Waals surface area (Å²) in [5, 5.41) is 6.92. The maximum atomic E-state index is 13.8. The van der Waals surface area contributed by atoms with E-state index < -0.39 is 15.8 Å². The molecule has 2 N–H and O–H groups in total. The third-order valence-electron chi connectivity index (χ3n) is 5.09. The molecule has 0 saturated carbocycles. The van der Waals surface area contributed by atoms with Crippen molar-refractivity contribution in [2.45, 2.75) is 24.9 Å². The fourth-order valence-corrected chi connectivity index (χ4v) is 4.36. The molecule has 0 unspecified atom stereocenters. The molecule has 0 fully saturated rings. The number of carbonyl (C=O) groups excluding carboxylic acids is 1. The summed E-state index contributed by atoms with van der Waals surface area (Å²) in [6, 6.07) is 17.5. The molecule has 0 aliphatic carbocycles. The molecule has 8 nitrogen and oxygen atoms in total. The first-order valence-electron chi connectivity index (χ1n) is 10.4. The van der Waals surface area contributed by atoms with Crippen molar-refractivity contribution in [2.24, 2.45) is 0 Å². The molecule has 1 heterocycles. The number of anilines is 1. The number of hydrogen-bond donors (Lipinski definition) is 2. The van der Waals surface area contributed by atoms with Crippen molar-refractivity contribution >= 4 is 21.6 Å². The lowest BCUT2D eigenvalue weighted by Gasteiger charge is -2.11.